The van der Waals surface area contributed by atoms with Gasteiger partial charge in [-0.05, 0) is 24.3 Å². The van der Waals surface area contributed by atoms with E-state index in [1.807, 2.05) is 12.1 Å². The van der Waals surface area contributed by atoms with Crippen LogP contribution in [0.15, 0.2) is 24.3 Å². The summed E-state index contributed by atoms with van der Waals surface area (Å²) in [5.41, 5.74) is 0.830. The van der Waals surface area contributed by atoms with E-state index in [1.54, 1.807) is 19.2 Å². The summed E-state index contributed by atoms with van der Waals surface area (Å²) in [6, 6.07) is 7.26. The van der Waals surface area contributed by atoms with Gasteiger partial charge in [-0.25, -0.2) is 0 Å². The highest BCUT2D eigenvalue weighted by Gasteiger charge is 2.01. The third-order valence-electron chi connectivity index (χ3n) is 2.27. The molecule has 0 heterocycles. The number of ether oxygens (including phenoxy) is 2. The summed E-state index contributed by atoms with van der Waals surface area (Å²) < 4.78 is 9.72. The number of rotatable bonds is 7. The molecule has 104 valence electrons. The van der Waals surface area contributed by atoms with Crippen molar-refractivity contribution in [1.29, 1.82) is 0 Å². The van der Waals surface area contributed by atoms with E-state index in [4.69, 9.17) is 9.47 Å². The lowest BCUT2D eigenvalue weighted by Gasteiger charge is -2.08. The first kappa shape index (κ1) is 14.8. The van der Waals surface area contributed by atoms with Gasteiger partial charge in [-0.15, -0.1) is 0 Å². The van der Waals surface area contributed by atoms with Crippen molar-refractivity contribution >= 4 is 17.6 Å². The van der Waals surface area contributed by atoms with Crippen LogP contribution in [0.1, 0.15) is 6.92 Å². The molecule has 0 saturated carbocycles. The van der Waals surface area contributed by atoms with Crippen molar-refractivity contribution in [2.24, 2.45) is 0 Å². The van der Waals surface area contributed by atoms with Gasteiger partial charge in [0.2, 0.25) is 5.91 Å². The average Bonchev–Trinajstić information content (AvgIpc) is 2.41. The van der Waals surface area contributed by atoms with Crippen LogP contribution in [0, 0.1) is 0 Å². The number of hydrogen-bond donors (Lipinski definition) is 2. The fourth-order valence-electron chi connectivity index (χ4n) is 1.34. The lowest BCUT2D eigenvalue weighted by atomic mass is 10.3. The van der Waals surface area contributed by atoms with Crippen LogP contribution in [0.4, 0.5) is 5.69 Å². The van der Waals surface area contributed by atoms with E-state index in [0.29, 0.717) is 6.54 Å². The normalized spacial score (nSPS) is 9.58. The fraction of sp³-hybridized carbons (Fsp3) is 0.385. The first-order valence-corrected chi connectivity index (χ1v) is 5.90. The Morgan fingerprint density at radius 2 is 1.89 bits per heavy atom. The van der Waals surface area contributed by atoms with Crippen LogP contribution in [0.3, 0.4) is 0 Å². The number of hydrogen-bond acceptors (Lipinski definition) is 5. The third-order valence-corrected chi connectivity index (χ3v) is 2.27. The smallest absolute Gasteiger partial charge is 0.302 e. The molecule has 0 saturated heterocycles. The molecule has 19 heavy (non-hydrogen) atoms. The van der Waals surface area contributed by atoms with Crippen molar-refractivity contribution in [2.75, 3.05) is 32.1 Å². The van der Waals surface area contributed by atoms with Crippen molar-refractivity contribution in [3.8, 4) is 5.75 Å². The molecule has 0 aliphatic carbocycles. The second kappa shape index (κ2) is 7.97. The summed E-state index contributed by atoms with van der Waals surface area (Å²) in [6.07, 6.45) is 0. The Labute approximate surface area is 112 Å². The second-order valence-electron chi connectivity index (χ2n) is 3.77. The van der Waals surface area contributed by atoms with Gasteiger partial charge in [0.15, 0.2) is 0 Å². The highest BCUT2D eigenvalue weighted by Crippen LogP contribution is 2.14. The minimum atomic E-state index is -0.356. The van der Waals surface area contributed by atoms with Gasteiger partial charge in [0.05, 0.1) is 20.2 Å². The Balaban J connectivity index is 2.20. The van der Waals surface area contributed by atoms with E-state index < -0.39 is 0 Å². The number of anilines is 1. The zero-order valence-corrected chi connectivity index (χ0v) is 11.1. The number of nitrogens with one attached hydrogen (secondary N) is 2. The molecule has 2 N–H and O–H groups in total. The topological polar surface area (TPSA) is 76.7 Å². The van der Waals surface area contributed by atoms with Gasteiger partial charge in [0, 0.05) is 12.6 Å². The minimum absolute atomic E-state index is 0.159. The monoisotopic (exact) mass is 266 g/mol. The van der Waals surface area contributed by atoms with Crippen LogP contribution < -0.4 is 15.4 Å². The van der Waals surface area contributed by atoms with Gasteiger partial charge in [0.1, 0.15) is 12.4 Å². The maximum absolute atomic E-state index is 11.4. The molecule has 0 aromatic heterocycles. The Morgan fingerprint density at radius 1 is 1.21 bits per heavy atom. The Morgan fingerprint density at radius 3 is 2.47 bits per heavy atom. The predicted octanol–water partition coefficient (Wildman–Crippen LogP) is 0.786. The summed E-state index contributed by atoms with van der Waals surface area (Å²) in [5.74, 6) is 0.241. The molecule has 1 amide bonds. The highest BCUT2D eigenvalue weighted by molar-refractivity contribution is 5.80. The van der Waals surface area contributed by atoms with E-state index in [-0.39, 0.29) is 25.0 Å². The van der Waals surface area contributed by atoms with E-state index in [9.17, 15) is 9.59 Å². The molecule has 0 aliphatic heterocycles. The summed E-state index contributed by atoms with van der Waals surface area (Å²) in [4.78, 5) is 21.9. The lowest BCUT2D eigenvalue weighted by Crippen LogP contribution is -2.32. The molecule has 1 aromatic carbocycles. The molecule has 0 unspecified atom stereocenters. The first-order valence-electron chi connectivity index (χ1n) is 5.90. The van der Waals surface area contributed by atoms with Crippen molar-refractivity contribution in [1.82, 2.24) is 5.32 Å². The van der Waals surface area contributed by atoms with Gasteiger partial charge in [-0.2, -0.15) is 0 Å². The van der Waals surface area contributed by atoms with Crippen LogP contribution in [0.5, 0.6) is 5.75 Å². The van der Waals surface area contributed by atoms with Gasteiger partial charge in [0.25, 0.3) is 0 Å². The van der Waals surface area contributed by atoms with E-state index in [2.05, 4.69) is 10.6 Å². The summed E-state index contributed by atoms with van der Waals surface area (Å²) in [5, 5.41) is 5.60. The van der Waals surface area contributed by atoms with E-state index in [1.165, 1.54) is 6.92 Å². The number of amides is 1. The van der Waals surface area contributed by atoms with Gasteiger partial charge in [-0.1, -0.05) is 0 Å². The Hall–Kier alpha value is -2.24. The van der Waals surface area contributed by atoms with Crippen molar-refractivity contribution in [3.63, 3.8) is 0 Å². The van der Waals surface area contributed by atoms with Crippen LogP contribution in [-0.2, 0) is 14.3 Å². The largest absolute Gasteiger partial charge is 0.497 e. The standard InChI is InChI=1S/C13H18N2O4/c1-10(16)19-8-7-14-13(17)9-15-11-3-5-12(18-2)6-4-11/h3-6,15H,7-9H2,1-2H3,(H,14,17). The molecule has 0 spiro atoms. The first-order chi connectivity index (χ1) is 9.11. The highest BCUT2D eigenvalue weighted by atomic mass is 16.5. The summed E-state index contributed by atoms with van der Waals surface area (Å²) in [7, 11) is 1.60. The molecule has 0 radical (unpaired) electrons. The van der Waals surface area contributed by atoms with Crippen LogP contribution in [0.2, 0.25) is 0 Å². The molecule has 6 nitrogen and oxygen atoms in total. The fourth-order valence-corrected chi connectivity index (χ4v) is 1.34. The van der Waals surface area contributed by atoms with Crippen LogP contribution >= 0.6 is 0 Å². The van der Waals surface area contributed by atoms with E-state index in [0.717, 1.165) is 11.4 Å². The molecule has 0 atom stereocenters. The molecule has 6 heteroatoms. The molecule has 1 rings (SSSR count). The molecular formula is C13H18N2O4. The number of esters is 1. The Kier molecular flexibility index (Phi) is 6.21. The van der Waals surface area contributed by atoms with Gasteiger partial charge < -0.3 is 20.1 Å². The van der Waals surface area contributed by atoms with Crippen LogP contribution in [0.25, 0.3) is 0 Å². The summed E-state index contributed by atoms with van der Waals surface area (Å²) in [6.45, 7) is 1.98. The lowest BCUT2D eigenvalue weighted by molar-refractivity contribution is -0.141. The van der Waals surface area contributed by atoms with Crippen molar-refractivity contribution < 1.29 is 19.1 Å². The Bertz CT molecular complexity index is 417. The third kappa shape index (κ3) is 6.30. The zero-order valence-electron chi connectivity index (χ0n) is 11.1. The minimum Gasteiger partial charge on any atom is -0.497 e. The summed E-state index contributed by atoms with van der Waals surface area (Å²) >= 11 is 0. The SMILES string of the molecule is COc1ccc(NCC(=O)NCCOC(C)=O)cc1. The average molecular weight is 266 g/mol. The number of carbonyl (C=O) groups excluding carboxylic acids is 2. The molecule has 1 aromatic rings. The molecule has 0 bridgehead atoms. The zero-order chi connectivity index (χ0) is 14.1. The quantitative estimate of drug-likeness (QED) is 0.563. The number of carbonyl (C=O) groups is 2. The second-order valence-corrected chi connectivity index (χ2v) is 3.77. The molecule has 0 aliphatic rings. The van der Waals surface area contributed by atoms with Gasteiger partial charge in [-0.3, -0.25) is 9.59 Å². The predicted molar refractivity (Wildman–Crippen MR) is 71.1 cm³/mol. The van der Waals surface area contributed by atoms with E-state index >= 15 is 0 Å². The maximum atomic E-state index is 11.4. The van der Waals surface area contributed by atoms with Crippen molar-refractivity contribution in [3.05, 3.63) is 24.3 Å². The maximum Gasteiger partial charge on any atom is 0.302 e. The number of methoxy groups -OCH3 is 1. The molecular weight excluding hydrogens is 248 g/mol. The van der Waals surface area contributed by atoms with Crippen molar-refractivity contribution in [2.45, 2.75) is 6.92 Å². The number of benzene rings is 1. The molecule has 0 fully saturated rings. The van der Waals surface area contributed by atoms with Gasteiger partial charge >= 0.3 is 5.97 Å². The van der Waals surface area contributed by atoms with Crippen LogP contribution in [-0.4, -0.2) is 38.7 Å².